The monoisotopic (exact) mass is 212 g/mol. The van der Waals surface area contributed by atoms with Crippen molar-refractivity contribution in [1.82, 2.24) is 0 Å². The summed E-state index contributed by atoms with van der Waals surface area (Å²) in [4.78, 5) is 10.2. The van der Waals surface area contributed by atoms with Gasteiger partial charge in [-0.1, -0.05) is 57.6 Å². The van der Waals surface area contributed by atoms with Gasteiger partial charge in [-0.15, -0.1) is 0 Å². The number of carboxylic acids is 1. The number of carboxylic acid groups (broad SMARTS) is 1. The average molecular weight is 212 g/mol. The summed E-state index contributed by atoms with van der Waals surface area (Å²) in [5.41, 5.74) is 0. The van der Waals surface area contributed by atoms with Gasteiger partial charge in [0.25, 0.3) is 0 Å². The highest BCUT2D eigenvalue weighted by Crippen LogP contribution is 2.08. The molecule has 0 unspecified atom stereocenters. The van der Waals surface area contributed by atoms with Gasteiger partial charge in [-0.2, -0.15) is 0 Å². The van der Waals surface area contributed by atoms with Crippen LogP contribution in [-0.4, -0.2) is 11.1 Å². The zero-order valence-electron chi connectivity index (χ0n) is 9.87. The molecule has 88 valence electrons. The van der Waals surface area contributed by atoms with Crippen molar-refractivity contribution in [3.63, 3.8) is 0 Å². The third-order valence-electron chi connectivity index (χ3n) is 2.43. The summed E-state index contributed by atoms with van der Waals surface area (Å²) in [6, 6.07) is 0. The first-order valence-corrected chi connectivity index (χ1v) is 6.14. The van der Waals surface area contributed by atoms with Gasteiger partial charge in [0.2, 0.25) is 0 Å². The minimum absolute atomic E-state index is 0.163. The van der Waals surface area contributed by atoms with E-state index < -0.39 is 5.97 Å². The third kappa shape index (κ3) is 13.2. The normalized spacial score (nSPS) is 11.0. The van der Waals surface area contributed by atoms with Gasteiger partial charge >= 0.3 is 5.97 Å². The highest BCUT2D eigenvalue weighted by atomic mass is 16.4. The van der Waals surface area contributed by atoms with Crippen molar-refractivity contribution in [3.05, 3.63) is 12.2 Å². The Morgan fingerprint density at radius 2 is 1.60 bits per heavy atom. The predicted octanol–water partition coefficient (Wildman–Crippen LogP) is 4.16. The van der Waals surface area contributed by atoms with Crippen LogP contribution in [0.3, 0.4) is 0 Å². The molecule has 0 aromatic rings. The highest BCUT2D eigenvalue weighted by Gasteiger charge is 1.90. The van der Waals surface area contributed by atoms with Crippen LogP contribution in [-0.2, 0) is 4.79 Å². The number of aliphatic carboxylic acids is 1. The van der Waals surface area contributed by atoms with Gasteiger partial charge < -0.3 is 5.11 Å². The van der Waals surface area contributed by atoms with E-state index in [2.05, 4.69) is 6.92 Å². The van der Waals surface area contributed by atoms with Gasteiger partial charge in [0, 0.05) is 0 Å². The van der Waals surface area contributed by atoms with Crippen LogP contribution in [0.4, 0.5) is 0 Å². The molecule has 15 heavy (non-hydrogen) atoms. The Balaban J connectivity index is 3.04. The predicted molar refractivity (Wildman–Crippen MR) is 64.0 cm³/mol. The number of rotatable bonds is 10. The molecule has 0 spiro atoms. The average Bonchev–Trinajstić information content (AvgIpc) is 2.20. The van der Waals surface area contributed by atoms with Crippen LogP contribution in [0.5, 0.6) is 0 Å². The molecule has 2 heteroatoms. The minimum atomic E-state index is -0.745. The van der Waals surface area contributed by atoms with Crippen LogP contribution in [0.15, 0.2) is 12.2 Å². The summed E-state index contributed by atoms with van der Waals surface area (Å²) < 4.78 is 0. The molecule has 0 aliphatic carbocycles. The molecule has 0 aliphatic rings. The van der Waals surface area contributed by atoms with Gasteiger partial charge in [0.1, 0.15) is 0 Å². The molecule has 0 heterocycles. The molecule has 0 aromatic carbocycles. The first kappa shape index (κ1) is 14.2. The van der Waals surface area contributed by atoms with E-state index >= 15 is 0 Å². The first-order chi connectivity index (χ1) is 7.27. The zero-order valence-corrected chi connectivity index (χ0v) is 9.87. The van der Waals surface area contributed by atoms with Crippen LogP contribution in [0.25, 0.3) is 0 Å². The van der Waals surface area contributed by atoms with E-state index in [-0.39, 0.29) is 6.42 Å². The summed E-state index contributed by atoms with van der Waals surface area (Å²) in [5.74, 6) is -0.745. The molecule has 2 nitrogen and oxygen atoms in total. The molecule has 0 atom stereocenters. The molecule has 0 saturated heterocycles. The lowest BCUT2D eigenvalue weighted by Crippen LogP contribution is -1.89. The van der Waals surface area contributed by atoms with E-state index in [9.17, 15) is 4.79 Å². The highest BCUT2D eigenvalue weighted by molar-refractivity contribution is 5.68. The van der Waals surface area contributed by atoms with Crippen molar-refractivity contribution in [1.29, 1.82) is 0 Å². The van der Waals surface area contributed by atoms with Crippen LogP contribution in [0.2, 0.25) is 0 Å². The van der Waals surface area contributed by atoms with Crippen LogP contribution in [0, 0.1) is 0 Å². The Morgan fingerprint density at radius 1 is 1.00 bits per heavy atom. The molecule has 1 N–H and O–H groups in total. The molecule has 0 amide bonds. The molecule has 0 fully saturated rings. The molecule has 0 rings (SSSR count). The number of carbonyl (C=O) groups is 1. The van der Waals surface area contributed by atoms with Gasteiger partial charge in [0.15, 0.2) is 0 Å². The number of hydrogen-bond donors (Lipinski definition) is 1. The lowest BCUT2D eigenvalue weighted by atomic mass is 10.1. The van der Waals surface area contributed by atoms with Gasteiger partial charge in [-0.3, -0.25) is 4.79 Å². The summed E-state index contributed by atoms with van der Waals surface area (Å²) in [5, 5.41) is 8.39. The maximum Gasteiger partial charge on any atom is 0.307 e. The smallest absolute Gasteiger partial charge is 0.307 e. The maximum absolute atomic E-state index is 10.2. The fourth-order valence-corrected chi connectivity index (χ4v) is 1.52. The second kappa shape index (κ2) is 11.3. The molecule has 0 radical (unpaired) electrons. The van der Waals surface area contributed by atoms with E-state index in [0.717, 1.165) is 6.42 Å². The number of hydrogen-bond acceptors (Lipinski definition) is 1. The van der Waals surface area contributed by atoms with E-state index in [1.54, 1.807) is 6.08 Å². The van der Waals surface area contributed by atoms with Crippen molar-refractivity contribution < 1.29 is 9.90 Å². The van der Waals surface area contributed by atoms with Crippen molar-refractivity contribution in [3.8, 4) is 0 Å². The van der Waals surface area contributed by atoms with Gasteiger partial charge in [0.05, 0.1) is 6.42 Å². The fourth-order valence-electron chi connectivity index (χ4n) is 1.52. The first-order valence-electron chi connectivity index (χ1n) is 6.14. The zero-order chi connectivity index (χ0) is 11.4. The van der Waals surface area contributed by atoms with E-state index in [1.165, 1.54) is 44.9 Å². The van der Waals surface area contributed by atoms with Crippen LogP contribution in [0.1, 0.15) is 64.7 Å². The largest absolute Gasteiger partial charge is 0.481 e. The van der Waals surface area contributed by atoms with Gasteiger partial charge in [-0.05, 0) is 12.8 Å². The van der Waals surface area contributed by atoms with E-state index in [1.807, 2.05) is 6.08 Å². The maximum atomic E-state index is 10.2. The van der Waals surface area contributed by atoms with Crippen molar-refractivity contribution in [2.45, 2.75) is 64.7 Å². The van der Waals surface area contributed by atoms with E-state index in [4.69, 9.17) is 5.11 Å². The lowest BCUT2D eigenvalue weighted by Gasteiger charge is -1.98. The summed E-state index contributed by atoms with van der Waals surface area (Å²) >= 11 is 0. The number of allylic oxidation sites excluding steroid dienone is 1. The minimum Gasteiger partial charge on any atom is -0.481 e. The van der Waals surface area contributed by atoms with Gasteiger partial charge in [-0.25, -0.2) is 0 Å². The Morgan fingerprint density at radius 3 is 2.20 bits per heavy atom. The third-order valence-corrected chi connectivity index (χ3v) is 2.43. The van der Waals surface area contributed by atoms with Crippen molar-refractivity contribution in [2.24, 2.45) is 0 Å². The molecule has 0 aromatic heterocycles. The molecule has 0 aliphatic heterocycles. The van der Waals surface area contributed by atoms with Crippen LogP contribution < -0.4 is 0 Å². The topological polar surface area (TPSA) is 37.3 Å². The number of unbranched alkanes of at least 4 members (excludes halogenated alkanes) is 7. The second-order valence-corrected chi connectivity index (χ2v) is 3.98. The summed E-state index contributed by atoms with van der Waals surface area (Å²) in [6.45, 7) is 2.23. The van der Waals surface area contributed by atoms with Crippen LogP contribution >= 0.6 is 0 Å². The quantitative estimate of drug-likeness (QED) is 0.436. The van der Waals surface area contributed by atoms with Crippen molar-refractivity contribution >= 4 is 5.97 Å². The molecule has 0 bridgehead atoms. The molecule has 0 saturated carbocycles. The standard InChI is InChI=1S/C13H24O2/c1-2-3-4-5-6-7-8-9-10-11-12-13(14)15/h10-11H,2-9,12H2,1H3,(H,14,15)/b11-10+. The lowest BCUT2D eigenvalue weighted by molar-refractivity contribution is -0.136. The summed E-state index contributed by atoms with van der Waals surface area (Å²) in [7, 11) is 0. The Hall–Kier alpha value is -0.790. The SMILES string of the molecule is CCCCCCCCC/C=C/CC(=O)O. The van der Waals surface area contributed by atoms with Crippen molar-refractivity contribution in [2.75, 3.05) is 0 Å². The molecular weight excluding hydrogens is 188 g/mol. The Kier molecular flexibility index (Phi) is 10.7. The summed E-state index contributed by atoms with van der Waals surface area (Å²) in [6.07, 6.45) is 14.1. The Bertz CT molecular complexity index is 173. The molecular formula is C13H24O2. The van der Waals surface area contributed by atoms with E-state index in [0.29, 0.717) is 0 Å². The fraction of sp³-hybridized carbons (Fsp3) is 0.769. The Labute approximate surface area is 93.4 Å². The second-order valence-electron chi connectivity index (χ2n) is 3.98.